The standard InChI is InChI=1S/C25H27N5O3/c1-33-17-5-2-4-16(12-17)28-24(32)15-7-9-25(10-8-15)18-13-20-22(27-14-19(18)25)23(26)30-21(29-20)6-3-11-31/h2,4-5,12,14-15,18-19,31H,7-11,13H2,1H3,(H,28,32)(H2,26,29,30). The molecule has 2 saturated carbocycles. The highest BCUT2D eigenvalue weighted by atomic mass is 16.5. The number of rotatable bonds is 3. The van der Waals surface area contributed by atoms with Gasteiger partial charge in [-0.05, 0) is 61.5 Å². The Morgan fingerprint density at radius 1 is 1.33 bits per heavy atom. The van der Waals surface area contributed by atoms with Crippen molar-refractivity contribution < 1.29 is 14.6 Å². The lowest BCUT2D eigenvalue weighted by atomic mass is 9.76. The van der Waals surface area contributed by atoms with Crippen LogP contribution >= 0.6 is 0 Å². The van der Waals surface area contributed by atoms with Gasteiger partial charge in [0.05, 0.1) is 12.8 Å². The van der Waals surface area contributed by atoms with Gasteiger partial charge in [-0.3, -0.25) is 9.79 Å². The van der Waals surface area contributed by atoms with Crippen LogP contribution in [0.3, 0.4) is 0 Å². The maximum atomic E-state index is 12.9. The van der Waals surface area contributed by atoms with E-state index in [9.17, 15) is 4.79 Å². The minimum atomic E-state index is -0.251. The number of hydrogen-bond donors (Lipinski definition) is 3. The van der Waals surface area contributed by atoms with Crippen molar-refractivity contribution >= 4 is 29.3 Å². The molecule has 2 atom stereocenters. The third-order valence-corrected chi connectivity index (χ3v) is 7.39. The molecular weight excluding hydrogens is 418 g/mol. The van der Waals surface area contributed by atoms with Crippen molar-refractivity contribution in [3.05, 3.63) is 35.8 Å². The monoisotopic (exact) mass is 445 g/mol. The quantitative estimate of drug-likeness (QED) is 0.625. The highest BCUT2D eigenvalue weighted by Gasteiger charge is 2.64. The zero-order valence-electron chi connectivity index (χ0n) is 18.5. The van der Waals surface area contributed by atoms with Crippen LogP contribution in [0.1, 0.15) is 37.2 Å². The summed E-state index contributed by atoms with van der Waals surface area (Å²) in [6, 6.07) is 7.44. The van der Waals surface area contributed by atoms with Crippen LogP contribution in [-0.4, -0.2) is 40.9 Å². The number of anilines is 2. The number of nitrogens with two attached hydrogens (primary N) is 1. The fourth-order valence-electron chi connectivity index (χ4n) is 5.60. The predicted octanol–water partition coefficient (Wildman–Crippen LogP) is 2.73. The van der Waals surface area contributed by atoms with E-state index < -0.39 is 0 Å². The van der Waals surface area contributed by atoms with Crippen molar-refractivity contribution in [1.82, 2.24) is 9.97 Å². The number of methoxy groups -OCH3 is 1. The minimum Gasteiger partial charge on any atom is -0.497 e. The second-order valence-corrected chi connectivity index (χ2v) is 9.03. The molecular formula is C25H27N5O3. The highest BCUT2D eigenvalue weighted by molar-refractivity contribution is 5.92. The Labute approximate surface area is 192 Å². The van der Waals surface area contributed by atoms with Gasteiger partial charge in [0.25, 0.3) is 0 Å². The van der Waals surface area contributed by atoms with Crippen LogP contribution in [0, 0.1) is 35.0 Å². The Kier molecular flexibility index (Phi) is 5.51. The van der Waals surface area contributed by atoms with Gasteiger partial charge in [-0.15, -0.1) is 0 Å². The van der Waals surface area contributed by atoms with Crippen LogP contribution in [-0.2, 0) is 11.2 Å². The van der Waals surface area contributed by atoms with Crippen LogP contribution in [0.4, 0.5) is 17.2 Å². The Morgan fingerprint density at radius 3 is 2.91 bits per heavy atom. The molecule has 1 aliphatic heterocycles. The van der Waals surface area contributed by atoms with E-state index in [2.05, 4.69) is 32.1 Å². The Hall–Kier alpha value is -3.44. The fraction of sp³-hybridized carbons (Fsp3) is 0.440. The summed E-state index contributed by atoms with van der Waals surface area (Å²) in [5, 5.41) is 12.0. The first kappa shape index (κ1) is 21.4. The Balaban J connectivity index is 1.25. The molecule has 0 radical (unpaired) electrons. The lowest BCUT2D eigenvalue weighted by Gasteiger charge is -2.29. The molecule has 2 fully saturated rings. The van der Waals surface area contributed by atoms with Gasteiger partial charge in [0.15, 0.2) is 5.82 Å². The number of carbonyl (C=O) groups is 1. The van der Waals surface area contributed by atoms with Crippen LogP contribution in [0.25, 0.3) is 0 Å². The number of aliphatic hydroxyl groups is 1. The van der Waals surface area contributed by atoms with E-state index in [1.165, 1.54) is 0 Å². The van der Waals surface area contributed by atoms with Crippen LogP contribution in [0.2, 0.25) is 0 Å². The molecule has 8 nitrogen and oxygen atoms in total. The second kappa shape index (κ2) is 8.49. The van der Waals surface area contributed by atoms with E-state index in [-0.39, 0.29) is 23.8 Å². The van der Waals surface area contributed by atoms with Crippen molar-refractivity contribution in [2.45, 2.75) is 32.1 Å². The minimum absolute atomic E-state index is 0.00854. The van der Waals surface area contributed by atoms with Crippen molar-refractivity contribution in [1.29, 1.82) is 0 Å². The summed E-state index contributed by atoms with van der Waals surface area (Å²) < 4.78 is 5.24. The SMILES string of the molecule is COc1cccc(NC(=O)C2CCC3(CC2)C2C=Nc4c(N)nc(C#CCO)nc4CC23)c1. The molecule has 170 valence electrons. The molecule has 8 heteroatoms. The van der Waals surface area contributed by atoms with E-state index in [1.807, 2.05) is 30.5 Å². The summed E-state index contributed by atoms with van der Waals surface area (Å²) in [6.45, 7) is -0.251. The molecule has 2 unspecified atom stereocenters. The molecule has 4 N–H and O–H groups in total. The Morgan fingerprint density at radius 2 is 2.15 bits per heavy atom. The van der Waals surface area contributed by atoms with Crippen LogP contribution in [0.5, 0.6) is 5.75 Å². The number of fused-ring (bicyclic) bond motifs is 4. The van der Waals surface area contributed by atoms with E-state index in [0.29, 0.717) is 29.2 Å². The van der Waals surface area contributed by atoms with Crippen molar-refractivity contribution in [2.75, 3.05) is 24.8 Å². The molecule has 1 spiro atoms. The van der Waals surface area contributed by atoms with Gasteiger partial charge in [-0.2, -0.15) is 0 Å². The fourth-order valence-corrected chi connectivity index (χ4v) is 5.60. The number of benzene rings is 1. The molecule has 3 aliphatic rings. The van der Waals surface area contributed by atoms with Crippen LogP contribution < -0.4 is 15.8 Å². The van der Waals surface area contributed by atoms with Crippen molar-refractivity contribution in [2.24, 2.45) is 28.2 Å². The highest BCUT2D eigenvalue weighted by Crippen LogP contribution is 2.68. The number of carbonyl (C=O) groups excluding carboxylic acids is 1. The molecule has 1 aromatic carbocycles. The maximum Gasteiger partial charge on any atom is 0.227 e. The van der Waals surface area contributed by atoms with Gasteiger partial charge < -0.3 is 20.9 Å². The predicted molar refractivity (Wildman–Crippen MR) is 125 cm³/mol. The number of hydrogen-bond acceptors (Lipinski definition) is 7. The second-order valence-electron chi connectivity index (χ2n) is 9.03. The summed E-state index contributed by atoms with van der Waals surface area (Å²) in [7, 11) is 1.62. The zero-order valence-corrected chi connectivity index (χ0v) is 18.5. The normalized spacial score (nSPS) is 26.9. The number of aliphatic imine (C=N–C) groups is 1. The average molecular weight is 446 g/mol. The first-order chi connectivity index (χ1) is 16.0. The first-order valence-corrected chi connectivity index (χ1v) is 11.3. The Bertz CT molecular complexity index is 1170. The summed E-state index contributed by atoms with van der Waals surface area (Å²) in [6.07, 6.45) is 6.52. The summed E-state index contributed by atoms with van der Waals surface area (Å²) in [5.74, 6) is 7.59. The van der Waals surface area contributed by atoms with E-state index in [4.69, 9.17) is 15.6 Å². The van der Waals surface area contributed by atoms with Gasteiger partial charge in [0.1, 0.15) is 18.0 Å². The number of nitrogens with one attached hydrogen (secondary N) is 1. The van der Waals surface area contributed by atoms with E-state index in [0.717, 1.165) is 49.2 Å². The largest absolute Gasteiger partial charge is 0.497 e. The van der Waals surface area contributed by atoms with Crippen molar-refractivity contribution in [3.8, 4) is 17.6 Å². The first-order valence-electron chi connectivity index (χ1n) is 11.3. The third kappa shape index (κ3) is 3.93. The third-order valence-electron chi connectivity index (χ3n) is 7.39. The zero-order chi connectivity index (χ0) is 23.0. The summed E-state index contributed by atoms with van der Waals surface area (Å²) >= 11 is 0. The van der Waals surface area contributed by atoms with E-state index >= 15 is 0 Å². The number of amides is 1. The summed E-state index contributed by atoms with van der Waals surface area (Å²) in [5.41, 5.74) is 8.51. The molecule has 2 aromatic rings. The topological polar surface area (TPSA) is 123 Å². The van der Waals surface area contributed by atoms with Crippen LogP contribution in [0.15, 0.2) is 29.3 Å². The summed E-state index contributed by atoms with van der Waals surface area (Å²) in [4.78, 5) is 26.3. The lowest BCUT2D eigenvalue weighted by Crippen LogP contribution is -2.29. The smallest absolute Gasteiger partial charge is 0.227 e. The molecule has 2 aliphatic carbocycles. The molecule has 0 saturated heterocycles. The molecule has 33 heavy (non-hydrogen) atoms. The number of aromatic nitrogens is 2. The molecule has 5 rings (SSSR count). The van der Waals surface area contributed by atoms with Gasteiger partial charge in [-0.25, -0.2) is 9.97 Å². The molecule has 1 aromatic heterocycles. The molecule has 2 heterocycles. The van der Waals surface area contributed by atoms with Gasteiger partial charge in [0.2, 0.25) is 11.7 Å². The average Bonchev–Trinajstić information content (AvgIpc) is 3.46. The number of nitrogens with zero attached hydrogens (tertiary/aromatic N) is 3. The van der Waals surface area contributed by atoms with Gasteiger partial charge in [0, 0.05) is 29.8 Å². The lowest BCUT2D eigenvalue weighted by molar-refractivity contribution is -0.121. The van der Waals surface area contributed by atoms with Gasteiger partial charge in [-0.1, -0.05) is 12.0 Å². The van der Waals surface area contributed by atoms with E-state index in [1.54, 1.807) is 7.11 Å². The number of ether oxygens (including phenoxy) is 1. The molecule has 0 bridgehead atoms. The van der Waals surface area contributed by atoms with Gasteiger partial charge >= 0.3 is 0 Å². The molecule has 1 amide bonds. The number of nitrogen functional groups attached to an aromatic ring is 1. The maximum absolute atomic E-state index is 12.9. The van der Waals surface area contributed by atoms with Crippen molar-refractivity contribution in [3.63, 3.8) is 0 Å². The number of aliphatic hydroxyl groups excluding tert-OH is 1.